The number of benzene rings is 1. The third-order valence-corrected chi connectivity index (χ3v) is 3.04. The first kappa shape index (κ1) is 11.8. The van der Waals surface area contributed by atoms with E-state index in [1.54, 1.807) is 6.20 Å². The van der Waals surface area contributed by atoms with Crippen LogP contribution < -0.4 is 5.32 Å². The molecule has 0 bridgehead atoms. The molecular formula is C14H15N5. The number of nitrogens with one attached hydrogen (secondary N) is 1. The monoisotopic (exact) mass is 253 g/mol. The summed E-state index contributed by atoms with van der Waals surface area (Å²) in [4.78, 5) is 4.36. The van der Waals surface area contributed by atoms with Gasteiger partial charge in [0.15, 0.2) is 0 Å². The van der Waals surface area contributed by atoms with Crippen LogP contribution in [-0.2, 0) is 13.1 Å². The molecule has 19 heavy (non-hydrogen) atoms. The van der Waals surface area contributed by atoms with E-state index in [1.807, 2.05) is 35.3 Å². The molecule has 5 nitrogen and oxygen atoms in total. The molecule has 1 aromatic carbocycles. The topological polar surface area (TPSA) is 55.6 Å². The number of rotatable bonds is 5. The fourth-order valence-corrected chi connectivity index (χ4v) is 2.08. The summed E-state index contributed by atoms with van der Waals surface area (Å²) in [7, 11) is 0. The molecule has 3 aromatic rings. The molecule has 2 heterocycles. The predicted molar refractivity (Wildman–Crippen MR) is 73.5 cm³/mol. The Hall–Kier alpha value is -2.27. The van der Waals surface area contributed by atoms with E-state index in [0.29, 0.717) is 0 Å². The maximum atomic E-state index is 4.36. The van der Waals surface area contributed by atoms with Gasteiger partial charge in [-0.15, -0.1) is 5.10 Å². The Morgan fingerprint density at radius 2 is 2.05 bits per heavy atom. The SMILES string of the molecule is c1ccc2c(CNCCn3ccnn3)ccnc2c1. The lowest BCUT2D eigenvalue weighted by atomic mass is 10.1. The van der Waals surface area contributed by atoms with Crippen LogP contribution in [-0.4, -0.2) is 26.5 Å². The van der Waals surface area contributed by atoms with Crippen molar-refractivity contribution in [3.8, 4) is 0 Å². The average molecular weight is 253 g/mol. The van der Waals surface area contributed by atoms with Gasteiger partial charge >= 0.3 is 0 Å². The van der Waals surface area contributed by atoms with Crippen LogP contribution >= 0.6 is 0 Å². The Labute approximate surface area is 111 Å². The van der Waals surface area contributed by atoms with Crippen LogP contribution in [0.2, 0.25) is 0 Å². The lowest BCUT2D eigenvalue weighted by Crippen LogP contribution is -2.20. The molecule has 0 fully saturated rings. The second-order valence-electron chi connectivity index (χ2n) is 4.33. The first-order valence-corrected chi connectivity index (χ1v) is 6.31. The fraction of sp³-hybridized carbons (Fsp3) is 0.214. The Bertz CT molecular complexity index is 643. The van der Waals surface area contributed by atoms with Crippen molar-refractivity contribution in [3.63, 3.8) is 0 Å². The molecule has 0 atom stereocenters. The van der Waals surface area contributed by atoms with Crippen LogP contribution in [0.4, 0.5) is 0 Å². The molecule has 96 valence electrons. The van der Waals surface area contributed by atoms with Gasteiger partial charge in [0, 0.05) is 30.9 Å². The third-order valence-electron chi connectivity index (χ3n) is 3.04. The minimum Gasteiger partial charge on any atom is -0.311 e. The van der Waals surface area contributed by atoms with E-state index in [9.17, 15) is 0 Å². The van der Waals surface area contributed by atoms with Crippen molar-refractivity contribution >= 4 is 10.9 Å². The summed E-state index contributed by atoms with van der Waals surface area (Å²) >= 11 is 0. The quantitative estimate of drug-likeness (QED) is 0.702. The Morgan fingerprint density at radius 1 is 1.11 bits per heavy atom. The van der Waals surface area contributed by atoms with Crippen LogP contribution in [0.1, 0.15) is 5.56 Å². The molecule has 0 unspecified atom stereocenters. The van der Waals surface area contributed by atoms with Gasteiger partial charge in [-0.1, -0.05) is 23.4 Å². The van der Waals surface area contributed by atoms with E-state index in [1.165, 1.54) is 10.9 Å². The molecule has 5 heteroatoms. The summed E-state index contributed by atoms with van der Waals surface area (Å²) in [6.45, 7) is 2.51. The van der Waals surface area contributed by atoms with Gasteiger partial charge in [-0.3, -0.25) is 9.67 Å². The van der Waals surface area contributed by atoms with E-state index < -0.39 is 0 Å². The normalized spacial score (nSPS) is 10.9. The highest BCUT2D eigenvalue weighted by atomic mass is 15.4. The first-order chi connectivity index (χ1) is 9.43. The molecule has 3 rings (SSSR count). The number of para-hydroxylation sites is 1. The molecule has 0 aliphatic heterocycles. The summed E-state index contributed by atoms with van der Waals surface area (Å²) in [5.41, 5.74) is 2.31. The van der Waals surface area contributed by atoms with Gasteiger partial charge < -0.3 is 5.32 Å². The number of hydrogen-bond acceptors (Lipinski definition) is 4. The van der Waals surface area contributed by atoms with Crippen molar-refractivity contribution < 1.29 is 0 Å². The van der Waals surface area contributed by atoms with Gasteiger partial charge in [-0.2, -0.15) is 0 Å². The second kappa shape index (κ2) is 5.58. The van der Waals surface area contributed by atoms with Gasteiger partial charge in [-0.25, -0.2) is 0 Å². The highest BCUT2D eigenvalue weighted by Crippen LogP contribution is 2.15. The van der Waals surface area contributed by atoms with Crippen molar-refractivity contribution in [2.45, 2.75) is 13.1 Å². The van der Waals surface area contributed by atoms with Crippen LogP contribution in [0.5, 0.6) is 0 Å². The molecule has 2 aromatic heterocycles. The Morgan fingerprint density at radius 3 is 2.95 bits per heavy atom. The van der Waals surface area contributed by atoms with Gasteiger partial charge in [0.25, 0.3) is 0 Å². The zero-order valence-electron chi connectivity index (χ0n) is 10.5. The van der Waals surface area contributed by atoms with Crippen molar-refractivity contribution in [2.75, 3.05) is 6.54 Å². The Kier molecular flexibility index (Phi) is 3.47. The molecule has 0 saturated heterocycles. The zero-order chi connectivity index (χ0) is 12.9. The highest BCUT2D eigenvalue weighted by molar-refractivity contribution is 5.81. The number of aromatic nitrogens is 4. The summed E-state index contributed by atoms with van der Waals surface area (Å²) in [5, 5.41) is 12.3. The van der Waals surface area contributed by atoms with Crippen LogP contribution in [0.25, 0.3) is 10.9 Å². The second-order valence-corrected chi connectivity index (χ2v) is 4.33. The fourth-order valence-electron chi connectivity index (χ4n) is 2.08. The number of fused-ring (bicyclic) bond motifs is 1. The van der Waals surface area contributed by atoms with Gasteiger partial charge in [-0.05, 0) is 17.7 Å². The number of nitrogens with zero attached hydrogens (tertiary/aromatic N) is 4. The van der Waals surface area contributed by atoms with E-state index in [-0.39, 0.29) is 0 Å². The van der Waals surface area contributed by atoms with Gasteiger partial charge in [0.2, 0.25) is 0 Å². The molecule has 0 saturated carbocycles. The highest BCUT2D eigenvalue weighted by Gasteiger charge is 2.00. The lowest BCUT2D eigenvalue weighted by molar-refractivity contribution is 0.541. The summed E-state index contributed by atoms with van der Waals surface area (Å²) in [6.07, 6.45) is 5.41. The van der Waals surface area contributed by atoms with Crippen LogP contribution in [0.3, 0.4) is 0 Å². The molecule has 1 N–H and O–H groups in total. The van der Waals surface area contributed by atoms with Crippen LogP contribution in [0, 0.1) is 0 Å². The molecule has 0 radical (unpaired) electrons. The maximum Gasteiger partial charge on any atom is 0.0705 e. The molecule has 0 spiro atoms. The van der Waals surface area contributed by atoms with E-state index in [0.717, 1.165) is 25.2 Å². The lowest BCUT2D eigenvalue weighted by Gasteiger charge is -2.07. The molecule has 0 aliphatic rings. The van der Waals surface area contributed by atoms with Crippen molar-refractivity contribution in [3.05, 3.63) is 54.5 Å². The van der Waals surface area contributed by atoms with Crippen molar-refractivity contribution in [1.82, 2.24) is 25.3 Å². The van der Waals surface area contributed by atoms with Gasteiger partial charge in [0.05, 0.1) is 18.3 Å². The average Bonchev–Trinajstić information content (AvgIpc) is 2.97. The van der Waals surface area contributed by atoms with E-state index in [2.05, 4.69) is 32.7 Å². The predicted octanol–water partition coefficient (Wildman–Crippen LogP) is 1.62. The molecule has 0 amide bonds. The van der Waals surface area contributed by atoms with Crippen molar-refractivity contribution in [2.24, 2.45) is 0 Å². The van der Waals surface area contributed by atoms with E-state index in [4.69, 9.17) is 0 Å². The minimum absolute atomic E-state index is 0.822. The third kappa shape index (κ3) is 2.77. The summed E-state index contributed by atoms with van der Waals surface area (Å²) in [6, 6.07) is 10.3. The maximum absolute atomic E-state index is 4.36. The zero-order valence-corrected chi connectivity index (χ0v) is 10.5. The van der Waals surface area contributed by atoms with Crippen LogP contribution in [0.15, 0.2) is 48.9 Å². The molecular weight excluding hydrogens is 238 g/mol. The smallest absolute Gasteiger partial charge is 0.0705 e. The first-order valence-electron chi connectivity index (χ1n) is 6.31. The number of hydrogen-bond donors (Lipinski definition) is 1. The van der Waals surface area contributed by atoms with E-state index >= 15 is 0 Å². The standard InChI is InChI=1S/C14H15N5/c1-2-4-14-13(3-1)12(5-6-16-14)11-15-7-9-19-10-8-17-18-19/h1-6,8,10,15H,7,9,11H2. The minimum atomic E-state index is 0.822. The number of pyridine rings is 1. The summed E-state index contributed by atoms with van der Waals surface area (Å²) < 4.78 is 1.82. The Balaban J connectivity index is 1.62. The molecule has 0 aliphatic carbocycles. The largest absolute Gasteiger partial charge is 0.311 e. The van der Waals surface area contributed by atoms with Crippen molar-refractivity contribution in [1.29, 1.82) is 0 Å². The summed E-state index contributed by atoms with van der Waals surface area (Å²) in [5.74, 6) is 0. The van der Waals surface area contributed by atoms with Gasteiger partial charge in [0.1, 0.15) is 0 Å².